The molecule has 0 saturated heterocycles. The molecule has 12 heavy (non-hydrogen) atoms. The molecule has 1 saturated carbocycles. The molecule has 0 aromatic carbocycles. The molecule has 0 aromatic rings. The van der Waals surface area contributed by atoms with Crippen LogP contribution in [0.3, 0.4) is 0 Å². The molecule has 2 nitrogen and oxygen atoms in total. The van der Waals surface area contributed by atoms with Gasteiger partial charge >= 0.3 is 0 Å². The molecule has 1 aliphatic rings. The van der Waals surface area contributed by atoms with Crippen LogP contribution in [0.15, 0.2) is 0 Å². The third-order valence-corrected chi connectivity index (χ3v) is 2.58. The van der Waals surface area contributed by atoms with E-state index in [1.54, 1.807) is 0 Å². The van der Waals surface area contributed by atoms with Crippen LogP contribution in [0.1, 0.15) is 39.5 Å². The average Bonchev–Trinajstić information content (AvgIpc) is 2.05. The Morgan fingerprint density at radius 2 is 1.75 bits per heavy atom. The van der Waals surface area contributed by atoms with Gasteiger partial charge in [0, 0.05) is 19.2 Å². The fourth-order valence-corrected chi connectivity index (χ4v) is 1.94. The minimum atomic E-state index is 0.523. The second kappa shape index (κ2) is 4.83. The molecular formula is C10H21NO. The highest BCUT2D eigenvalue weighted by atomic mass is 16.5. The van der Waals surface area contributed by atoms with Gasteiger partial charge in [-0.25, -0.2) is 0 Å². The van der Waals surface area contributed by atoms with E-state index >= 15 is 0 Å². The molecule has 2 heteroatoms. The van der Waals surface area contributed by atoms with Crippen LogP contribution in [0.2, 0.25) is 0 Å². The topological polar surface area (TPSA) is 21.3 Å². The molecular weight excluding hydrogens is 150 g/mol. The van der Waals surface area contributed by atoms with Gasteiger partial charge in [-0.2, -0.15) is 0 Å². The van der Waals surface area contributed by atoms with Gasteiger partial charge in [0.1, 0.15) is 0 Å². The molecule has 0 aliphatic heterocycles. The Morgan fingerprint density at radius 1 is 1.17 bits per heavy atom. The molecule has 0 amide bonds. The molecule has 0 aromatic heterocycles. The monoisotopic (exact) mass is 171 g/mol. The van der Waals surface area contributed by atoms with Crippen LogP contribution < -0.4 is 5.32 Å². The maximum absolute atomic E-state index is 5.32. The van der Waals surface area contributed by atoms with Gasteiger partial charge in [-0.15, -0.1) is 0 Å². The van der Waals surface area contributed by atoms with E-state index in [9.17, 15) is 0 Å². The highest BCUT2D eigenvalue weighted by Gasteiger charge is 2.20. The van der Waals surface area contributed by atoms with Crippen molar-refractivity contribution in [1.82, 2.24) is 5.32 Å². The van der Waals surface area contributed by atoms with Crippen LogP contribution in [-0.4, -0.2) is 25.3 Å². The van der Waals surface area contributed by atoms with Crippen LogP contribution in [0, 0.1) is 0 Å². The largest absolute Gasteiger partial charge is 0.381 e. The van der Waals surface area contributed by atoms with E-state index in [1.807, 2.05) is 7.11 Å². The lowest BCUT2D eigenvalue weighted by atomic mass is 9.92. The summed E-state index contributed by atoms with van der Waals surface area (Å²) in [6.45, 7) is 4.42. The van der Waals surface area contributed by atoms with Gasteiger partial charge in [-0.05, 0) is 25.7 Å². The van der Waals surface area contributed by atoms with E-state index in [2.05, 4.69) is 19.2 Å². The van der Waals surface area contributed by atoms with Crippen LogP contribution in [0.4, 0.5) is 0 Å². The summed E-state index contributed by atoms with van der Waals surface area (Å²) in [5, 5.41) is 3.57. The molecule has 0 unspecified atom stereocenters. The smallest absolute Gasteiger partial charge is 0.0572 e. The van der Waals surface area contributed by atoms with Crippen molar-refractivity contribution in [3.8, 4) is 0 Å². The molecule has 72 valence electrons. The number of nitrogens with one attached hydrogen (secondary N) is 1. The Bertz CT molecular complexity index is 117. The van der Waals surface area contributed by atoms with E-state index in [0.29, 0.717) is 12.1 Å². The fourth-order valence-electron chi connectivity index (χ4n) is 1.94. The normalized spacial score (nSPS) is 31.0. The maximum Gasteiger partial charge on any atom is 0.0572 e. The lowest BCUT2D eigenvalue weighted by molar-refractivity contribution is 0.0616. The van der Waals surface area contributed by atoms with Gasteiger partial charge in [-0.1, -0.05) is 13.8 Å². The summed E-state index contributed by atoms with van der Waals surface area (Å²) >= 11 is 0. The van der Waals surface area contributed by atoms with Crippen molar-refractivity contribution >= 4 is 0 Å². The summed E-state index contributed by atoms with van der Waals surface area (Å²) in [5.74, 6) is 0. The number of rotatable bonds is 3. The summed E-state index contributed by atoms with van der Waals surface area (Å²) < 4.78 is 5.32. The zero-order valence-corrected chi connectivity index (χ0v) is 8.47. The molecule has 1 aliphatic carbocycles. The standard InChI is InChI=1S/C10H21NO/c1-8(2)11-9-4-6-10(12-3)7-5-9/h8-11H,4-7H2,1-3H3/t9-,10+. The van der Waals surface area contributed by atoms with Crippen molar-refractivity contribution in [2.75, 3.05) is 7.11 Å². The Labute approximate surface area is 75.7 Å². The summed E-state index contributed by atoms with van der Waals surface area (Å²) in [6.07, 6.45) is 5.52. The van der Waals surface area contributed by atoms with Crippen molar-refractivity contribution in [2.24, 2.45) is 0 Å². The molecule has 0 atom stereocenters. The summed E-state index contributed by atoms with van der Waals surface area (Å²) in [7, 11) is 1.82. The molecule has 0 bridgehead atoms. The lowest BCUT2D eigenvalue weighted by Crippen LogP contribution is -2.38. The first-order valence-corrected chi connectivity index (χ1v) is 5.01. The van der Waals surface area contributed by atoms with Crippen molar-refractivity contribution in [2.45, 2.75) is 57.7 Å². The van der Waals surface area contributed by atoms with E-state index in [4.69, 9.17) is 4.74 Å². The molecule has 0 spiro atoms. The number of hydrogen-bond acceptors (Lipinski definition) is 2. The number of hydrogen-bond donors (Lipinski definition) is 1. The Morgan fingerprint density at radius 3 is 2.17 bits per heavy atom. The molecule has 1 fully saturated rings. The SMILES string of the molecule is CO[C@H]1CC[C@@H](NC(C)C)CC1. The van der Waals surface area contributed by atoms with Gasteiger partial charge in [0.15, 0.2) is 0 Å². The van der Waals surface area contributed by atoms with Gasteiger partial charge in [0.25, 0.3) is 0 Å². The lowest BCUT2D eigenvalue weighted by Gasteiger charge is -2.29. The minimum absolute atomic E-state index is 0.523. The van der Waals surface area contributed by atoms with Crippen molar-refractivity contribution < 1.29 is 4.74 Å². The zero-order valence-electron chi connectivity index (χ0n) is 8.47. The maximum atomic E-state index is 5.32. The van der Waals surface area contributed by atoms with E-state index in [1.165, 1.54) is 25.7 Å². The number of methoxy groups -OCH3 is 1. The zero-order chi connectivity index (χ0) is 8.97. The number of ether oxygens (including phenoxy) is 1. The molecule has 0 heterocycles. The van der Waals surface area contributed by atoms with Crippen LogP contribution in [0.25, 0.3) is 0 Å². The quantitative estimate of drug-likeness (QED) is 0.700. The van der Waals surface area contributed by atoms with Gasteiger partial charge < -0.3 is 10.1 Å². The summed E-state index contributed by atoms with van der Waals surface area (Å²) in [6, 6.07) is 1.35. The highest BCUT2D eigenvalue weighted by Crippen LogP contribution is 2.20. The third-order valence-electron chi connectivity index (χ3n) is 2.58. The van der Waals surface area contributed by atoms with E-state index < -0.39 is 0 Å². The molecule has 1 N–H and O–H groups in total. The third kappa shape index (κ3) is 3.11. The molecule has 0 radical (unpaired) electrons. The first-order chi connectivity index (χ1) is 5.72. The van der Waals surface area contributed by atoms with Crippen molar-refractivity contribution in [3.63, 3.8) is 0 Å². The first kappa shape index (κ1) is 10.0. The van der Waals surface area contributed by atoms with Gasteiger partial charge in [0.05, 0.1) is 6.10 Å². The second-order valence-electron chi connectivity index (χ2n) is 4.03. The van der Waals surface area contributed by atoms with Gasteiger partial charge in [-0.3, -0.25) is 0 Å². The second-order valence-corrected chi connectivity index (χ2v) is 4.03. The van der Waals surface area contributed by atoms with Crippen LogP contribution in [0.5, 0.6) is 0 Å². The predicted octanol–water partition coefficient (Wildman–Crippen LogP) is 1.94. The summed E-state index contributed by atoms with van der Waals surface area (Å²) in [5.41, 5.74) is 0. The van der Waals surface area contributed by atoms with Crippen molar-refractivity contribution in [3.05, 3.63) is 0 Å². The van der Waals surface area contributed by atoms with Crippen molar-refractivity contribution in [1.29, 1.82) is 0 Å². The van der Waals surface area contributed by atoms with E-state index in [-0.39, 0.29) is 0 Å². The highest BCUT2D eigenvalue weighted by molar-refractivity contribution is 4.78. The minimum Gasteiger partial charge on any atom is -0.381 e. The van der Waals surface area contributed by atoms with E-state index in [0.717, 1.165) is 6.04 Å². The predicted molar refractivity (Wildman–Crippen MR) is 51.3 cm³/mol. The first-order valence-electron chi connectivity index (χ1n) is 5.01. The Hall–Kier alpha value is -0.0800. The molecule has 1 rings (SSSR count). The van der Waals surface area contributed by atoms with Crippen LogP contribution >= 0.6 is 0 Å². The van der Waals surface area contributed by atoms with Gasteiger partial charge in [0.2, 0.25) is 0 Å². The Kier molecular flexibility index (Phi) is 4.02. The van der Waals surface area contributed by atoms with Crippen LogP contribution in [-0.2, 0) is 4.74 Å². The summed E-state index contributed by atoms with van der Waals surface area (Å²) in [4.78, 5) is 0. The fraction of sp³-hybridized carbons (Fsp3) is 1.00. The average molecular weight is 171 g/mol. The Balaban J connectivity index is 2.17.